The highest BCUT2D eigenvalue weighted by Gasteiger charge is 2.39. The number of rotatable bonds is 9. The minimum atomic E-state index is -0.934. The van der Waals surface area contributed by atoms with Gasteiger partial charge in [0.05, 0.1) is 25.2 Å². The van der Waals surface area contributed by atoms with Crippen LogP contribution in [-0.4, -0.2) is 20.0 Å². The quantitative estimate of drug-likeness (QED) is 0.186. The highest BCUT2D eigenvalue weighted by molar-refractivity contribution is 5.87. The fourth-order valence-corrected chi connectivity index (χ4v) is 4.87. The summed E-state index contributed by atoms with van der Waals surface area (Å²) in [7, 11) is 3.03. The number of hydrogen-bond acceptors (Lipinski definition) is 8. The summed E-state index contributed by atoms with van der Waals surface area (Å²) in [6, 6.07) is 24.6. The Morgan fingerprint density at radius 3 is 1.88 bits per heavy atom. The van der Waals surface area contributed by atoms with Crippen LogP contribution in [0.2, 0.25) is 0 Å². The van der Waals surface area contributed by atoms with E-state index in [1.54, 1.807) is 32.0 Å². The summed E-state index contributed by atoms with van der Waals surface area (Å²) in [6.45, 7) is 4.18. The molecular weight excluding hydrogens is 536 g/mol. The van der Waals surface area contributed by atoms with Gasteiger partial charge in [0.1, 0.15) is 25.1 Å². The summed E-state index contributed by atoms with van der Waals surface area (Å²) < 4.78 is 41.6. The molecule has 0 fully saturated rings. The normalized spacial score (nSPS) is 13.1. The van der Waals surface area contributed by atoms with E-state index in [0.29, 0.717) is 64.2 Å². The Morgan fingerprint density at radius 2 is 1.29 bits per heavy atom. The van der Waals surface area contributed by atoms with Crippen LogP contribution >= 0.6 is 0 Å². The van der Waals surface area contributed by atoms with Crippen molar-refractivity contribution in [3.8, 4) is 45.6 Å². The van der Waals surface area contributed by atoms with Crippen molar-refractivity contribution in [1.29, 1.82) is 0 Å². The van der Waals surface area contributed by atoms with Gasteiger partial charge >= 0.3 is 0 Å². The molecule has 2 heterocycles. The molecule has 0 N–H and O–H groups in total. The molecule has 0 saturated heterocycles. The zero-order valence-corrected chi connectivity index (χ0v) is 23.8. The lowest BCUT2D eigenvalue weighted by molar-refractivity contribution is -0.0447. The number of fused-ring (bicyclic) bond motifs is 2. The number of benzene rings is 4. The Bertz CT molecular complexity index is 1790. The summed E-state index contributed by atoms with van der Waals surface area (Å²) in [5.41, 5.74) is 2.76. The Hall–Kier alpha value is -5.11. The van der Waals surface area contributed by atoms with Crippen LogP contribution < -0.4 is 33.8 Å². The summed E-state index contributed by atoms with van der Waals surface area (Å²) in [4.78, 5) is 14.0. The van der Waals surface area contributed by atoms with Crippen molar-refractivity contribution in [2.24, 2.45) is 0 Å². The van der Waals surface area contributed by atoms with Gasteiger partial charge in [0.15, 0.2) is 23.0 Å². The average Bonchev–Trinajstić information content (AvgIpc) is 3.34. The van der Waals surface area contributed by atoms with Gasteiger partial charge in [-0.2, -0.15) is 0 Å². The molecule has 8 heteroatoms. The topological polar surface area (TPSA) is 85.6 Å². The van der Waals surface area contributed by atoms with Crippen LogP contribution in [0.15, 0.2) is 94.3 Å². The number of hydrogen-bond donors (Lipinski definition) is 0. The zero-order valence-electron chi connectivity index (χ0n) is 23.8. The van der Waals surface area contributed by atoms with Crippen LogP contribution in [0.1, 0.15) is 25.0 Å². The van der Waals surface area contributed by atoms with Crippen LogP contribution in [0.25, 0.3) is 22.1 Å². The van der Waals surface area contributed by atoms with Gasteiger partial charge in [-0.05, 0) is 23.3 Å². The zero-order chi connectivity index (χ0) is 29.3. The van der Waals surface area contributed by atoms with E-state index in [0.717, 1.165) is 11.1 Å². The van der Waals surface area contributed by atoms with Gasteiger partial charge in [-0.3, -0.25) is 4.79 Å². The second-order valence-electron chi connectivity index (χ2n) is 10.2. The maximum absolute atomic E-state index is 14.0. The lowest BCUT2D eigenvalue weighted by atomic mass is 10.0. The highest BCUT2D eigenvalue weighted by atomic mass is 16.7. The monoisotopic (exact) mass is 566 g/mol. The van der Waals surface area contributed by atoms with E-state index in [1.807, 2.05) is 60.7 Å². The predicted octanol–water partition coefficient (Wildman–Crippen LogP) is 7.14. The van der Waals surface area contributed by atoms with Gasteiger partial charge in [0.25, 0.3) is 0 Å². The van der Waals surface area contributed by atoms with Crippen molar-refractivity contribution in [3.63, 3.8) is 0 Å². The second kappa shape index (κ2) is 11.0. The smallest absolute Gasteiger partial charge is 0.246 e. The lowest BCUT2D eigenvalue weighted by Crippen LogP contribution is -2.29. The maximum Gasteiger partial charge on any atom is 0.246 e. The van der Waals surface area contributed by atoms with Gasteiger partial charge in [-0.15, -0.1) is 0 Å². The molecule has 1 aromatic heterocycles. The fraction of sp³-hybridized carbons (Fsp3) is 0.206. The Morgan fingerprint density at radius 1 is 0.690 bits per heavy atom. The molecule has 6 rings (SSSR count). The van der Waals surface area contributed by atoms with Crippen LogP contribution in [0.3, 0.4) is 0 Å². The van der Waals surface area contributed by atoms with E-state index in [-0.39, 0.29) is 11.0 Å². The Labute approximate surface area is 242 Å². The number of methoxy groups -OCH3 is 2. The van der Waals surface area contributed by atoms with Gasteiger partial charge in [-0.1, -0.05) is 60.7 Å². The van der Waals surface area contributed by atoms with Gasteiger partial charge in [0.2, 0.25) is 22.7 Å². The summed E-state index contributed by atoms with van der Waals surface area (Å²) >= 11 is 0. The Kier molecular flexibility index (Phi) is 7.12. The van der Waals surface area contributed by atoms with Crippen molar-refractivity contribution in [1.82, 2.24) is 0 Å². The summed E-state index contributed by atoms with van der Waals surface area (Å²) in [6.07, 6.45) is 1.40. The standard InChI is InChI=1S/C34H30O8/c1-34(2)41-32-29(36-3)15-23(31(37-4)33(32)42-34)25-20-40-26-17-28(39-19-22-13-9-6-10-14-22)27(16-24(26)30(25)35)38-18-21-11-7-5-8-12-21/h5-17,20H,18-19H2,1-4H3. The van der Waals surface area contributed by atoms with Gasteiger partial charge in [-0.25, -0.2) is 0 Å². The fourth-order valence-electron chi connectivity index (χ4n) is 4.87. The maximum atomic E-state index is 14.0. The van der Waals surface area contributed by atoms with Crippen molar-refractivity contribution in [2.75, 3.05) is 14.2 Å². The third-order valence-electron chi connectivity index (χ3n) is 6.88. The van der Waals surface area contributed by atoms with Gasteiger partial charge in [0, 0.05) is 25.5 Å². The molecule has 214 valence electrons. The molecule has 0 spiro atoms. The van der Waals surface area contributed by atoms with Crippen LogP contribution in [0.5, 0.6) is 34.5 Å². The molecule has 4 aromatic carbocycles. The molecule has 42 heavy (non-hydrogen) atoms. The van der Waals surface area contributed by atoms with E-state index in [1.165, 1.54) is 20.5 Å². The SMILES string of the molecule is COc1cc(-c2coc3cc(OCc4ccccc4)c(OCc4ccccc4)cc3c2=O)c(OC)c2c1OC(C)(C)O2. The summed E-state index contributed by atoms with van der Waals surface area (Å²) in [5, 5.41) is 0.321. The predicted molar refractivity (Wildman–Crippen MR) is 158 cm³/mol. The molecule has 8 nitrogen and oxygen atoms in total. The Balaban J connectivity index is 1.45. The van der Waals surface area contributed by atoms with E-state index in [9.17, 15) is 4.79 Å². The van der Waals surface area contributed by atoms with E-state index >= 15 is 0 Å². The molecule has 1 aliphatic heterocycles. The molecule has 0 unspecified atom stereocenters. The van der Waals surface area contributed by atoms with E-state index in [2.05, 4.69) is 0 Å². The minimum absolute atomic E-state index is 0.265. The average molecular weight is 567 g/mol. The van der Waals surface area contributed by atoms with Crippen LogP contribution in [-0.2, 0) is 13.2 Å². The third kappa shape index (κ3) is 5.19. The molecule has 0 bridgehead atoms. The molecule has 0 aliphatic carbocycles. The van der Waals surface area contributed by atoms with Crippen molar-refractivity contribution in [3.05, 3.63) is 106 Å². The molecular formula is C34H30O8. The van der Waals surface area contributed by atoms with E-state index < -0.39 is 5.79 Å². The lowest BCUT2D eigenvalue weighted by Gasteiger charge is -2.16. The molecule has 0 radical (unpaired) electrons. The number of ether oxygens (including phenoxy) is 6. The van der Waals surface area contributed by atoms with E-state index in [4.69, 9.17) is 32.8 Å². The highest BCUT2D eigenvalue weighted by Crippen LogP contribution is 2.55. The largest absolute Gasteiger partial charge is 0.493 e. The first-order chi connectivity index (χ1) is 20.4. The van der Waals surface area contributed by atoms with Crippen molar-refractivity contribution in [2.45, 2.75) is 32.8 Å². The molecule has 0 atom stereocenters. The first-order valence-electron chi connectivity index (χ1n) is 13.5. The van der Waals surface area contributed by atoms with Gasteiger partial charge < -0.3 is 32.8 Å². The summed E-state index contributed by atoms with van der Waals surface area (Å²) in [5.74, 6) is 1.45. The first-order valence-corrected chi connectivity index (χ1v) is 13.5. The molecule has 5 aromatic rings. The third-order valence-corrected chi connectivity index (χ3v) is 6.88. The second-order valence-corrected chi connectivity index (χ2v) is 10.2. The minimum Gasteiger partial charge on any atom is -0.493 e. The van der Waals surface area contributed by atoms with Crippen molar-refractivity contribution >= 4 is 11.0 Å². The van der Waals surface area contributed by atoms with Crippen molar-refractivity contribution < 1.29 is 32.8 Å². The first kappa shape index (κ1) is 27.1. The molecule has 0 amide bonds. The van der Waals surface area contributed by atoms with Crippen LogP contribution in [0, 0.1) is 0 Å². The van der Waals surface area contributed by atoms with Crippen LogP contribution in [0.4, 0.5) is 0 Å². The molecule has 1 aliphatic rings. The molecule has 0 saturated carbocycles.